The number of anilines is 1. The average Bonchev–Trinajstić information content (AvgIpc) is 3.09. The lowest BCUT2D eigenvalue weighted by Crippen LogP contribution is -2.54. The van der Waals surface area contributed by atoms with Crippen molar-refractivity contribution in [1.82, 2.24) is 10.2 Å². The molecule has 0 saturated carbocycles. The van der Waals surface area contributed by atoms with Gasteiger partial charge in [-0.2, -0.15) is 0 Å². The molecule has 4 aromatic rings. The number of methoxy groups -OCH3 is 2. The Labute approximate surface area is 271 Å². The minimum atomic E-state index is -4.19. The number of carbonyl (C=O) groups is 2. The highest BCUT2D eigenvalue weighted by atomic mass is 32.2. The predicted octanol–water partition coefficient (Wildman–Crippen LogP) is 5.45. The Bertz CT molecular complexity index is 1680. The van der Waals surface area contributed by atoms with Gasteiger partial charge in [0.05, 0.1) is 24.8 Å². The summed E-state index contributed by atoms with van der Waals surface area (Å²) in [6.45, 7) is 3.37. The van der Waals surface area contributed by atoms with Crippen LogP contribution in [0.3, 0.4) is 0 Å². The molecule has 46 heavy (non-hydrogen) atoms. The normalized spacial score (nSPS) is 12.4. The average molecular weight is 644 g/mol. The molecule has 0 heterocycles. The summed E-state index contributed by atoms with van der Waals surface area (Å²) in [5.41, 5.74) is 1.87. The second-order valence-corrected chi connectivity index (χ2v) is 12.8. The number of nitrogens with zero attached hydrogens (tertiary/aromatic N) is 2. The van der Waals surface area contributed by atoms with Crippen LogP contribution in [-0.2, 0) is 32.6 Å². The highest BCUT2D eigenvalue weighted by molar-refractivity contribution is 7.92. The van der Waals surface area contributed by atoms with Crippen LogP contribution in [0.15, 0.2) is 114 Å². The van der Waals surface area contributed by atoms with Gasteiger partial charge < -0.3 is 19.7 Å². The fraction of sp³-hybridized carbons (Fsp3) is 0.278. The summed E-state index contributed by atoms with van der Waals surface area (Å²) in [6.07, 6.45) is 0.932. The summed E-state index contributed by atoms with van der Waals surface area (Å²) in [7, 11) is -1.11. The number of ether oxygens (including phenoxy) is 2. The first-order valence-corrected chi connectivity index (χ1v) is 16.6. The van der Waals surface area contributed by atoms with E-state index >= 15 is 0 Å². The van der Waals surface area contributed by atoms with Crippen molar-refractivity contribution in [2.24, 2.45) is 0 Å². The number of hydrogen-bond donors (Lipinski definition) is 1. The van der Waals surface area contributed by atoms with Gasteiger partial charge in [-0.15, -0.1) is 0 Å². The van der Waals surface area contributed by atoms with Gasteiger partial charge in [-0.05, 0) is 73.0 Å². The van der Waals surface area contributed by atoms with Crippen LogP contribution in [0.5, 0.6) is 11.5 Å². The molecule has 0 radical (unpaired) electrons. The molecule has 0 aliphatic rings. The van der Waals surface area contributed by atoms with Gasteiger partial charge in [-0.25, -0.2) is 8.42 Å². The highest BCUT2D eigenvalue weighted by Crippen LogP contribution is 2.27. The van der Waals surface area contributed by atoms with Gasteiger partial charge in [0.2, 0.25) is 11.8 Å². The number of benzene rings is 4. The number of rotatable bonds is 15. The minimum Gasteiger partial charge on any atom is -0.497 e. The fourth-order valence-corrected chi connectivity index (χ4v) is 6.39. The second kappa shape index (κ2) is 15.9. The molecule has 0 unspecified atom stereocenters. The SMILES string of the molecule is CC[C@H](C)NC(=O)[C@H](Cc1ccccc1)N(Cc1cccc(OC)c1)C(=O)CN(c1ccc(OC)cc1)S(=O)(=O)c1ccccc1. The first-order chi connectivity index (χ1) is 22.2. The lowest BCUT2D eigenvalue weighted by molar-refractivity contribution is -0.140. The molecule has 0 aliphatic heterocycles. The van der Waals surface area contributed by atoms with E-state index in [-0.39, 0.29) is 35.5 Å². The first kappa shape index (κ1) is 34.1. The Balaban J connectivity index is 1.81. The molecule has 0 fully saturated rings. The molecule has 2 atom stereocenters. The Hall–Kier alpha value is -4.83. The summed E-state index contributed by atoms with van der Waals surface area (Å²) in [5.74, 6) is 0.270. The van der Waals surface area contributed by atoms with E-state index in [2.05, 4.69) is 5.32 Å². The van der Waals surface area contributed by atoms with E-state index in [0.29, 0.717) is 17.9 Å². The maximum absolute atomic E-state index is 14.6. The predicted molar refractivity (Wildman–Crippen MR) is 179 cm³/mol. The molecule has 0 aromatic heterocycles. The van der Waals surface area contributed by atoms with Gasteiger partial charge in [-0.3, -0.25) is 13.9 Å². The lowest BCUT2D eigenvalue weighted by Gasteiger charge is -2.34. The third-order valence-electron chi connectivity index (χ3n) is 7.73. The topological polar surface area (TPSA) is 105 Å². The van der Waals surface area contributed by atoms with Crippen molar-refractivity contribution in [2.75, 3.05) is 25.1 Å². The zero-order valence-corrected chi connectivity index (χ0v) is 27.4. The first-order valence-electron chi connectivity index (χ1n) is 15.1. The van der Waals surface area contributed by atoms with Gasteiger partial charge in [0.15, 0.2) is 0 Å². The van der Waals surface area contributed by atoms with Crippen molar-refractivity contribution in [2.45, 2.75) is 50.2 Å². The maximum Gasteiger partial charge on any atom is 0.264 e. The van der Waals surface area contributed by atoms with Crippen molar-refractivity contribution in [3.63, 3.8) is 0 Å². The molecular formula is C36H41N3O6S. The number of nitrogens with one attached hydrogen (secondary N) is 1. The van der Waals surface area contributed by atoms with Crippen molar-refractivity contribution in [3.8, 4) is 11.5 Å². The molecule has 242 valence electrons. The minimum absolute atomic E-state index is 0.0355. The van der Waals surface area contributed by atoms with Gasteiger partial charge in [-0.1, -0.05) is 67.6 Å². The van der Waals surface area contributed by atoms with Gasteiger partial charge in [0, 0.05) is 19.0 Å². The van der Waals surface area contributed by atoms with Crippen LogP contribution in [0, 0.1) is 0 Å². The summed E-state index contributed by atoms with van der Waals surface area (Å²) in [6, 6.07) is 30.1. The van der Waals surface area contributed by atoms with Crippen LogP contribution in [0.1, 0.15) is 31.4 Å². The Morgan fingerprint density at radius 3 is 2.00 bits per heavy atom. The number of hydrogen-bond acceptors (Lipinski definition) is 6. The van der Waals surface area contributed by atoms with Crippen LogP contribution < -0.4 is 19.1 Å². The summed E-state index contributed by atoms with van der Waals surface area (Å²) < 4.78 is 40.0. The van der Waals surface area contributed by atoms with Gasteiger partial charge in [0.25, 0.3) is 10.0 Å². The van der Waals surface area contributed by atoms with E-state index in [1.54, 1.807) is 61.7 Å². The van der Waals surface area contributed by atoms with Crippen molar-refractivity contribution < 1.29 is 27.5 Å². The maximum atomic E-state index is 14.6. The highest BCUT2D eigenvalue weighted by Gasteiger charge is 2.35. The van der Waals surface area contributed by atoms with Crippen molar-refractivity contribution in [3.05, 3.63) is 120 Å². The Kier molecular flexibility index (Phi) is 11.8. The molecule has 1 N–H and O–H groups in total. The van der Waals surface area contributed by atoms with Crippen LogP contribution in [-0.4, -0.2) is 58.0 Å². The smallest absolute Gasteiger partial charge is 0.264 e. The molecule has 2 amide bonds. The van der Waals surface area contributed by atoms with Gasteiger partial charge in [0.1, 0.15) is 24.1 Å². The van der Waals surface area contributed by atoms with E-state index in [1.807, 2.05) is 56.3 Å². The molecule has 0 saturated heterocycles. The fourth-order valence-electron chi connectivity index (χ4n) is 4.96. The molecule has 0 bridgehead atoms. The van der Waals surface area contributed by atoms with Crippen molar-refractivity contribution in [1.29, 1.82) is 0 Å². The number of amides is 2. The number of sulfonamides is 1. The third kappa shape index (κ3) is 8.66. The van der Waals surface area contributed by atoms with Crippen LogP contribution in [0.25, 0.3) is 0 Å². The largest absolute Gasteiger partial charge is 0.497 e. The molecule has 4 aromatic carbocycles. The molecule has 0 spiro atoms. The Morgan fingerprint density at radius 2 is 1.39 bits per heavy atom. The van der Waals surface area contributed by atoms with Gasteiger partial charge >= 0.3 is 0 Å². The van der Waals surface area contributed by atoms with Crippen molar-refractivity contribution >= 4 is 27.5 Å². The molecule has 10 heteroatoms. The quantitative estimate of drug-likeness (QED) is 0.185. The molecule has 4 rings (SSSR count). The zero-order chi connectivity index (χ0) is 33.1. The molecule has 0 aliphatic carbocycles. The van der Waals surface area contributed by atoms with Crippen LogP contribution >= 0.6 is 0 Å². The van der Waals surface area contributed by atoms with E-state index in [1.165, 1.54) is 24.1 Å². The number of carbonyl (C=O) groups excluding carboxylic acids is 2. The zero-order valence-electron chi connectivity index (χ0n) is 26.6. The monoisotopic (exact) mass is 643 g/mol. The van der Waals surface area contributed by atoms with E-state index < -0.39 is 28.5 Å². The van der Waals surface area contributed by atoms with E-state index in [9.17, 15) is 18.0 Å². The molecule has 9 nitrogen and oxygen atoms in total. The van der Waals surface area contributed by atoms with E-state index in [0.717, 1.165) is 15.4 Å². The lowest BCUT2D eigenvalue weighted by atomic mass is 10.0. The molecular weight excluding hydrogens is 602 g/mol. The summed E-state index contributed by atoms with van der Waals surface area (Å²) >= 11 is 0. The standard InChI is InChI=1S/C36H41N3O6S/c1-5-27(2)37-36(41)34(24-28-13-8-6-9-14-28)38(25-29-15-12-16-32(23-29)45-4)35(40)26-39(30-19-21-31(44-3)22-20-30)46(42,43)33-17-10-7-11-18-33/h6-23,27,34H,5,24-26H2,1-4H3,(H,37,41)/t27-,34-/m0/s1. The second-order valence-electron chi connectivity index (χ2n) is 10.9. The van der Waals surface area contributed by atoms with Crippen LogP contribution in [0.4, 0.5) is 5.69 Å². The Morgan fingerprint density at radius 1 is 0.783 bits per heavy atom. The van der Waals surface area contributed by atoms with E-state index in [4.69, 9.17) is 9.47 Å². The third-order valence-corrected chi connectivity index (χ3v) is 9.52. The summed E-state index contributed by atoms with van der Waals surface area (Å²) in [5, 5.41) is 3.04. The summed E-state index contributed by atoms with van der Waals surface area (Å²) in [4.78, 5) is 30.0. The van der Waals surface area contributed by atoms with Crippen LogP contribution in [0.2, 0.25) is 0 Å².